The third-order valence-corrected chi connectivity index (χ3v) is 5.44. The number of phenolic OH excluding ortho intramolecular Hbond substituents is 2. The smallest absolute Gasteiger partial charge is 0.198 e. The van der Waals surface area contributed by atoms with Gasteiger partial charge in [-0.05, 0) is 24.6 Å². The molecular formula is C20H16O7. The van der Waals surface area contributed by atoms with E-state index in [4.69, 9.17) is 0 Å². The minimum atomic E-state index is -1.87. The lowest BCUT2D eigenvalue weighted by Gasteiger charge is -2.36. The molecule has 2 atom stereocenters. The van der Waals surface area contributed by atoms with Crippen molar-refractivity contribution in [2.45, 2.75) is 31.5 Å². The summed E-state index contributed by atoms with van der Waals surface area (Å²) in [5.74, 6) is -2.74. The summed E-state index contributed by atoms with van der Waals surface area (Å²) in [4.78, 5) is 37.5. The number of carbonyl (C=O) groups excluding carboxylic acids is 3. The Kier molecular flexibility index (Phi) is 3.53. The number of fused-ring (bicyclic) bond motifs is 3. The summed E-state index contributed by atoms with van der Waals surface area (Å²) in [7, 11) is 0. The van der Waals surface area contributed by atoms with Crippen LogP contribution >= 0.6 is 0 Å². The van der Waals surface area contributed by atoms with Gasteiger partial charge in [-0.2, -0.15) is 0 Å². The molecule has 138 valence electrons. The quantitative estimate of drug-likeness (QED) is 0.507. The number of carbonyl (C=O) groups is 3. The molecule has 0 aliphatic heterocycles. The maximum absolute atomic E-state index is 12.9. The second kappa shape index (κ2) is 5.48. The minimum absolute atomic E-state index is 0.0408. The largest absolute Gasteiger partial charge is 0.507 e. The first-order valence-electron chi connectivity index (χ1n) is 8.37. The predicted molar refractivity (Wildman–Crippen MR) is 92.0 cm³/mol. The number of rotatable bonds is 1. The van der Waals surface area contributed by atoms with Gasteiger partial charge in [0.05, 0.1) is 17.2 Å². The van der Waals surface area contributed by atoms with Crippen molar-refractivity contribution in [2.75, 3.05) is 0 Å². The number of ketones is 3. The molecule has 7 heteroatoms. The van der Waals surface area contributed by atoms with Gasteiger partial charge in [0, 0.05) is 29.5 Å². The summed E-state index contributed by atoms with van der Waals surface area (Å²) < 4.78 is 0. The summed E-state index contributed by atoms with van der Waals surface area (Å²) in [6.07, 6.45) is -1.85. The first kappa shape index (κ1) is 17.4. The molecule has 0 bridgehead atoms. The van der Waals surface area contributed by atoms with E-state index in [-0.39, 0.29) is 52.0 Å². The van der Waals surface area contributed by atoms with Gasteiger partial charge in [-0.25, -0.2) is 0 Å². The van der Waals surface area contributed by atoms with E-state index in [9.17, 15) is 34.8 Å². The molecule has 0 aromatic heterocycles. The summed E-state index contributed by atoms with van der Waals surface area (Å²) in [6, 6.07) is 5.37. The van der Waals surface area contributed by atoms with Crippen LogP contribution in [0.4, 0.5) is 0 Å². The number of aliphatic hydroxyl groups is 2. The molecular weight excluding hydrogens is 352 g/mol. The third kappa shape index (κ3) is 2.25. The molecule has 7 nitrogen and oxygen atoms in total. The fourth-order valence-electron chi connectivity index (χ4n) is 3.92. The van der Waals surface area contributed by atoms with Crippen LogP contribution in [0.3, 0.4) is 0 Å². The van der Waals surface area contributed by atoms with Gasteiger partial charge < -0.3 is 20.4 Å². The molecule has 4 N–H and O–H groups in total. The lowest BCUT2D eigenvalue weighted by Crippen LogP contribution is -2.44. The number of hydrogen-bond acceptors (Lipinski definition) is 7. The zero-order valence-electron chi connectivity index (χ0n) is 14.3. The van der Waals surface area contributed by atoms with Gasteiger partial charge in [-0.3, -0.25) is 14.4 Å². The number of aliphatic hydroxyl groups excluding tert-OH is 1. The second-order valence-corrected chi connectivity index (χ2v) is 7.06. The average molecular weight is 368 g/mol. The van der Waals surface area contributed by atoms with Crippen LogP contribution in [-0.4, -0.2) is 43.4 Å². The minimum Gasteiger partial charge on any atom is -0.507 e. The Labute approximate surface area is 153 Å². The van der Waals surface area contributed by atoms with Crippen molar-refractivity contribution in [2.24, 2.45) is 0 Å². The van der Waals surface area contributed by atoms with Crippen molar-refractivity contribution in [3.8, 4) is 11.5 Å². The van der Waals surface area contributed by atoms with Gasteiger partial charge in [-0.1, -0.05) is 12.1 Å². The number of aromatic hydroxyl groups is 2. The van der Waals surface area contributed by atoms with Gasteiger partial charge in [0.2, 0.25) is 0 Å². The van der Waals surface area contributed by atoms with Crippen molar-refractivity contribution < 1.29 is 34.8 Å². The second-order valence-electron chi connectivity index (χ2n) is 7.06. The zero-order chi connectivity index (χ0) is 19.7. The van der Waals surface area contributed by atoms with E-state index in [1.54, 1.807) is 0 Å². The lowest BCUT2D eigenvalue weighted by atomic mass is 9.73. The Morgan fingerprint density at radius 1 is 1.11 bits per heavy atom. The average Bonchev–Trinajstić information content (AvgIpc) is 2.60. The maximum atomic E-state index is 12.9. The molecule has 0 saturated heterocycles. The molecule has 0 fully saturated rings. The molecule has 0 spiro atoms. The predicted octanol–water partition coefficient (Wildman–Crippen LogP) is 1.17. The zero-order valence-corrected chi connectivity index (χ0v) is 14.3. The normalized spacial score (nSPS) is 23.4. The van der Waals surface area contributed by atoms with Crippen LogP contribution in [-0.2, 0) is 11.2 Å². The third-order valence-electron chi connectivity index (χ3n) is 5.44. The van der Waals surface area contributed by atoms with E-state index < -0.39 is 34.8 Å². The highest BCUT2D eigenvalue weighted by molar-refractivity contribution is 6.30. The van der Waals surface area contributed by atoms with Gasteiger partial charge >= 0.3 is 0 Å². The monoisotopic (exact) mass is 368 g/mol. The highest BCUT2D eigenvalue weighted by Gasteiger charge is 2.44. The molecule has 0 unspecified atom stereocenters. The first-order chi connectivity index (χ1) is 12.7. The van der Waals surface area contributed by atoms with Crippen molar-refractivity contribution in [1.82, 2.24) is 0 Å². The summed E-state index contributed by atoms with van der Waals surface area (Å²) in [5, 5.41) is 41.6. The van der Waals surface area contributed by atoms with Crippen LogP contribution in [0, 0.1) is 0 Å². The number of Topliss-reactive ketones (excluding diaryl/α,β-unsaturated/α-hetero) is 1. The first-order valence-corrected chi connectivity index (χ1v) is 8.37. The molecule has 0 saturated carbocycles. The summed E-state index contributed by atoms with van der Waals surface area (Å²) in [5.41, 5.74) is -2.20. The van der Waals surface area contributed by atoms with Crippen LogP contribution < -0.4 is 0 Å². The molecule has 0 heterocycles. The molecule has 2 aliphatic rings. The van der Waals surface area contributed by atoms with Gasteiger partial charge in [0.25, 0.3) is 0 Å². The van der Waals surface area contributed by atoms with E-state index in [0.29, 0.717) is 0 Å². The van der Waals surface area contributed by atoms with Gasteiger partial charge in [0.1, 0.15) is 17.1 Å². The van der Waals surface area contributed by atoms with Crippen molar-refractivity contribution in [3.05, 3.63) is 57.6 Å². The van der Waals surface area contributed by atoms with Crippen LogP contribution in [0.1, 0.15) is 62.4 Å². The standard InChI is InChI=1S/C20H16O7/c1-8(21)20(27)6-12-10(14(23)7-20)5-11-16(19(12)26)17(24)9-3-2-4-13(22)15(9)18(11)25/h2-5,14,22-23,26-27H,6-7H2,1H3/t14-,20-/m0/s1. The van der Waals surface area contributed by atoms with Gasteiger partial charge in [0.15, 0.2) is 17.3 Å². The summed E-state index contributed by atoms with van der Waals surface area (Å²) >= 11 is 0. The van der Waals surface area contributed by atoms with E-state index in [0.717, 1.165) is 0 Å². The highest BCUT2D eigenvalue weighted by atomic mass is 16.3. The van der Waals surface area contributed by atoms with Crippen molar-refractivity contribution in [3.63, 3.8) is 0 Å². The van der Waals surface area contributed by atoms with Crippen LogP contribution in [0.2, 0.25) is 0 Å². The Bertz CT molecular complexity index is 1050. The van der Waals surface area contributed by atoms with Crippen molar-refractivity contribution >= 4 is 17.3 Å². The van der Waals surface area contributed by atoms with E-state index in [1.807, 2.05) is 0 Å². The SMILES string of the molecule is CC(=O)[C@]1(O)Cc2c(cc3c(c2O)C(=O)c2cccc(O)c2C3=O)[C@@H](O)C1. The lowest BCUT2D eigenvalue weighted by molar-refractivity contribution is -0.139. The van der Waals surface area contributed by atoms with Crippen LogP contribution in [0.15, 0.2) is 24.3 Å². The molecule has 2 aromatic rings. The Balaban J connectivity index is 1.98. The molecule has 27 heavy (non-hydrogen) atoms. The molecule has 4 rings (SSSR count). The molecule has 0 amide bonds. The maximum Gasteiger partial charge on any atom is 0.198 e. The highest BCUT2D eigenvalue weighted by Crippen LogP contribution is 2.45. The van der Waals surface area contributed by atoms with Gasteiger partial charge in [-0.15, -0.1) is 0 Å². The number of phenols is 2. The Morgan fingerprint density at radius 3 is 2.44 bits per heavy atom. The van der Waals surface area contributed by atoms with Crippen LogP contribution in [0.25, 0.3) is 0 Å². The fraction of sp³-hybridized carbons (Fsp3) is 0.250. The van der Waals surface area contributed by atoms with E-state index in [1.165, 1.54) is 31.2 Å². The van der Waals surface area contributed by atoms with E-state index >= 15 is 0 Å². The topological polar surface area (TPSA) is 132 Å². The summed E-state index contributed by atoms with van der Waals surface area (Å²) in [6.45, 7) is 1.18. The number of benzene rings is 2. The van der Waals surface area contributed by atoms with Crippen molar-refractivity contribution in [1.29, 1.82) is 0 Å². The van der Waals surface area contributed by atoms with Crippen LogP contribution in [0.5, 0.6) is 11.5 Å². The molecule has 2 aromatic carbocycles. The van der Waals surface area contributed by atoms with E-state index in [2.05, 4.69) is 0 Å². The molecule has 2 aliphatic carbocycles. The Morgan fingerprint density at radius 2 is 1.78 bits per heavy atom. The Hall–Kier alpha value is -3.03. The number of hydrogen-bond donors (Lipinski definition) is 4. The fourth-order valence-corrected chi connectivity index (χ4v) is 3.92. The molecule has 0 radical (unpaired) electrons.